The molecule has 0 aliphatic rings. The molecule has 0 aliphatic carbocycles. The Labute approximate surface area is 122 Å². The second kappa shape index (κ2) is 5.76. The van der Waals surface area contributed by atoms with Crippen molar-refractivity contribution in [1.82, 2.24) is 9.55 Å². The van der Waals surface area contributed by atoms with Crippen LogP contribution in [0, 0.1) is 17.1 Å². The minimum Gasteiger partial charge on any atom is -0.327 e. The third-order valence-electron chi connectivity index (χ3n) is 3.46. The van der Waals surface area contributed by atoms with E-state index in [4.69, 9.17) is 5.26 Å². The number of fused-ring (bicyclic) bond motifs is 1. The van der Waals surface area contributed by atoms with Crippen LogP contribution in [0.15, 0.2) is 48.5 Å². The molecule has 3 rings (SSSR count). The van der Waals surface area contributed by atoms with E-state index < -0.39 is 0 Å². The van der Waals surface area contributed by atoms with E-state index in [1.165, 1.54) is 12.1 Å². The molecule has 4 heteroatoms. The van der Waals surface area contributed by atoms with Crippen molar-refractivity contribution in [2.45, 2.75) is 19.4 Å². The molecule has 1 heterocycles. The van der Waals surface area contributed by atoms with E-state index in [2.05, 4.69) is 15.6 Å². The van der Waals surface area contributed by atoms with Crippen LogP contribution in [0.25, 0.3) is 11.0 Å². The Balaban J connectivity index is 2.00. The van der Waals surface area contributed by atoms with Crippen molar-refractivity contribution in [2.75, 3.05) is 0 Å². The van der Waals surface area contributed by atoms with Gasteiger partial charge in [-0.2, -0.15) is 5.26 Å². The fourth-order valence-electron chi connectivity index (χ4n) is 2.46. The number of nitrogens with zero attached hydrogens (tertiary/aromatic N) is 3. The fourth-order valence-corrected chi connectivity index (χ4v) is 2.46. The number of rotatable bonds is 4. The minimum atomic E-state index is -0.239. The molecule has 0 bridgehead atoms. The van der Waals surface area contributed by atoms with Gasteiger partial charge in [0.05, 0.1) is 23.5 Å². The van der Waals surface area contributed by atoms with Crippen molar-refractivity contribution < 1.29 is 4.39 Å². The topological polar surface area (TPSA) is 41.6 Å². The maximum absolute atomic E-state index is 13.0. The molecule has 21 heavy (non-hydrogen) atoms. The largest absolute Gasteiger partial charge is 0.327 e. The molecular weight excluding hydrogens is 265 g/mol. The van der Waals surface area contributed by atoms with Gasteiger partial charge in [-0.1, -0.05) is 24.3 Å². The molecule has 2 aromatic carbocycles. The first kappa shape index (κ1) is 13.3. The SMILES string of the molecule is N#CCCn1c(Cc2ccc(F)cc2)nc2ccccc21. The van der Waals surface area contributed by atoms with Crippen molar-refractivity contribution in [3.63, 3.8) is 0 Å². The molecule has 0 amide bonds. The highest BCUT2D eigenvalue weighted by Gasteiger charge is 2.10. The summed E-state index contributed by atoms with van der Waals surface area (Å²) in [6.07, 6.45) is 1.07. The van der Waals surface area contributed by atoms with E-state index in [9.17, 15) is 4.39 Å². The lowest BCUT2D eigenvalue weighted by atomic mass is 10.1. The number of hydrogen-bond donors (Lipinski definition) is 0. The third-order valence-corrected chi connectivity index (χ3v) is 3.46. The van der Waals surface area contributed by atoms with Gasteiger partial charge in [0.15, 0.2) is 0 Å². The molecule has 0 fully saturated rings. The normalized spacial score (nSPS) is 10.7. The quantitative estimate of drug-likeness (QED) is 0.731. The Bertz CT molecular complexity index is 797. The maximum atomic E-state index is 13.0. The van der Waals surface area contributed by atoms with E-state index in [0.717, 1.165) is 22.4 Å². The van der Waals surface area contributed by atoms with Crippen LogP contribution < -0.4 is 0 Å². The summed E-state index contributed by atoms with van der Waals surface area (Å²) in [6, 6.07) is 16.5. The first-order valence-corrected chi connectivity index (χ1v) is 6.83. The maximum Gasteiger partial charge on any atom is 0.123 e. The van der Waals surface area contributed by atoms with Crippen molar-refractivity contribution in [3.8, 4) is 6.07 Å². The molecule has 0 radical (unpaired) electrons. The molecule has 0 N–H and O–H groups in total. The van der Waals surface area contributed by atoms with E-state index in [1.54, 1.807) is 12.1 Å². The van der Waals surface area contributed by atoms with Crippen LogP contribution in [0.5, 0.6) is 0 Å². The summed E-state index contributed by atoms with van der Waals surface area (Å²) < 4.78 is 15.1. The molecule has 0 atom stereocenters. The Morgan fingerprint density at radius 2 is 1.86 bits per heavy atom. The van der Waals surface area contributed by atoms with Crippen LogP contribution in [0.3, 0.4) is 0 Å². The number of halogens is 1. The smallest absolute Gasteiger partial charge is 0.123 e. The predicted molar refractivity (Wildman–Crippen MR) is 79.2 cm³/mol. The standard InChI is InChI=1S/C17H14FN3/c18-14-8-6-13(7-9-14)12-17-20-15-4-1-2-5-16(15)21(17)11-3-10-19/h1-2,4-9H,3,11-12H2. The molecule has 0 saturated heterocycles. The van der Waals surface area contributed by atoms with Crippen molar-refractivity contribution in [3.05, 3.63) is 65.7 Å². The first-order chi connectivity index (χ1) is 10.3. The molecule has 3 nitrogen and oxygen atoms in total. The lowest BCUT2D eigenvalue weighted by molar-refractivity contribution is 0.626. The van der Waals surface area contributed by atoms with Gasteiger partial charge in [-0.15, -0.1) is 0 Å². The van der Waals surface area contributed by atoms with Crippen LogP contribution >= 0.6 is 0 Å². The van der Waals surface area contributed by atoms with E-state index in [1.807, 2.05) is 24.3 Å². The van der Waals surface area contributed by atoms with Crippen LogP contribution in [0.4, 0.5) is 4.39 Å². The average molecular weight is 279 g/mol. The fraction of sp³-hybridized carbons (Fsp3) is 0.176. The Hall–Kier alpha value is -2.67. The zero-order chi connectivity index (χ0) is 14.7. The summed E-state index contributed by atoms with van der Waals surface area (Å²) in [5.74, 6) is 0.662. The van der Waals surface area contributed by atoms with Gasteiger partial charge in [0.25, 0.3) is 0 Å². The van der Waals surface area contributed by atoms with Crippen molar-refractivity contribution in [1.29, 1.82) is 5.26 Å². The lowest BCUT2D eigenvalue weighted by Gasteiger charge is -2.07. The average Bonchev–Trinajstić information content (AvgIpc) is 2.85. The number of aryl methyl sites for hydroxylation is 1. The summed E-state index contributed by atoms with van der Waals surface area (Å²) in [6.45, 7) is 0.619. The number of aromatic nitrogens is 2. The van der Waals surface area contributed by atoms with E-state index in [-0.39, 0.29) is 5.82 Å². The Kier molecular flexibility index (Phi) is 3.65. The van der Waals surface area contributed by atoms with Gasteiger partial charge in [-0.3, -0.25) is 0 Å². The lowest BCUT2D eigenvalue weighted by Crippen LogP contribution is -2.04. The molecule has 0 aliphatic heterocycles. The van der Waals surface area contributed by atoms with Gasteiger partial charge in [-0.25, -0.2) is 9.37 Å². The van der Waals surface area contributed by atoms with Crippen LogP contribution in [0.1, 0.15) is 17.8 Å². The second-order valence-electron chi connectivity index (χ2n) is 4.88. The molecule has 104 valence electrons. The Morgan fingerprint density at radius 1 is 1.10 bits per heavy atom. The Morgan fingerprint density at radius 3 is 2.62 bits per heavy atom. The third kappa shape index (κ3) is 2.77. The second-order valence-corrected chi connectivity index (χ2v) is 4.88. The molecule has 1 aromatic heterocycles. The minimum absolute atomic E-state index is 0.239. The number of hydrogen-bond acceptors (Lipinski definition) is 2. The van der Waals surface area contributed by atoms with E-state index in [0.29, 0.717) is 19.4 Å². The number of nitriles is 1. The number of benzene rings is 2. The van der Waals surface area contributed by atoms with Crippen molar-refractivity contribution in [2.24, 2.45) is 0 Å². The van der Waals surface area contributed by atoms with Gasteiger partial charge in [0.1, 0.15) is 11.6 Å². The summed E-state index contributed by atoms with van der Waals surface area (Å²) in [7, 11) is 0. The molecule has 0 unspecified atom stereocenters. The summed E-state index contributed by atoms with van der Waals surface area (Å²) >= 11 is 0. The molecule has 3 aromatic rings. The van der Waals surface area contributed by atoms with Gasteiger partial charge >= 0.3 is 0 Å². The predicted octanol–water partition coefficient (Wildman–Crippen LogP) is 3.68. The van der Waals surface area contributed by atoms with Crippen LogP contribution in [-0.2, 0) is 13.0 Å². The summed E-state index contributed by atoms with van der Waals surface area (Å²) in [5, 5.41) is 8.82. The molecule has 0 spiro atoms. The highest BCUT2D eigenvalue weighted by atomic mass is 19.1. The van der Waals surface area contributed by atoms with Crippen molar-refractivity contribution >= 4 is 11.0 Å². The monoisotopic (exact) mass is 279 g/mol. The number of imidazole rings is 1. The van der Waals surface area contributed by atoms with E-state index >= 15 is 0 Å². The van der Waals surface area contributed by atoms with Gasteiger partial charge < -0.3 is 4.57 Å². The first-order valence-electron chi connectivity index (χ1n) is 6.83. The van der Waals surface area contributed by atoms with Crippen LogP contribution in [0.2, 0.25) is 0 Å². The number of para-hydroxylation sites is 2. The van der Waals surface area contributed by atoms with Gasteiger partial charge in [-0.05, 0) is 29.8 Å². The molecular formula is C17H14FN3. The zero-order valence-corrected chi connectivity index (χ0v) is 11.5. The highest BCUT2D eigenvalue weighted by molar-refractivity contribution is 5.76. The summed E-state index contributed by atoms with van der Waals surface area (Å²) in [5.41, 5.74) is 2.96. The van der Waals surface area contributed by atoms with Gasteiger partial charge in [0, 0.05) is 13.0 Å². The molecule has 0 saturated carbocycles. The highest BCUT2D eigenvalue weighted by Crippen LogP contribution is 2.19. The van der Waals surface area contributed by atoms with Crippen LogP contribution in [-0.4, -0.2) is 9.55 Å². The summed E-state index contributed by atoms with van der Waals surface area (Å²) in [4.78, 5) is 4.64. The zero-order valence-electron chi connectivity index (χ0n) is 11.5. The van der Waals surface area contributed by atoms with Gasteiger partial charge in [0.2, 0.25) is 0 Å².